The fourth-order valence-electron chi connectivity index (χ4n) is 2.93. The number of carbonyl (C=O) groups excluding carboxylic acids is 1. The Balaban J connectivity index is 1.79. The summed E-state index contributed by atoms with van der Waals surface area (Å²) in [6, 6.07) is 1.65. The first-order valence-corrected chi connectivity index (χ1v) is 8.62. The Morgan fingerprint density at radius 3 is 2.77 bits per heavy atom. The molecule has 0 bridgehead atoms. The third kappa shape index (κ3) is 4.40. The van der Waals surface area contributed by atoms with Crippen LogP contribution in [0.3, 0.4) is 0 Å². The number of nitrogens with zero attached hydrogens (tertiary/aromatic N) is 6. The monoisotopic (exact) mass is 353 g/mol. The van der Waals surface area contributed by atoms with Crippen molar-refractivity contribution in [2.75, 3.05) is 32.5 Å². The fraction of sp³-hybridized carbons (Fsp3) is 0.389. The Hall–Kier alpha value is -2.87. The lowest BCUT2D eigenvalue weighted by atomic mass is 10.1. The van der Waals surface area contributed by atoms with Gasteiger partial charge in [-0.1, -0.05) is 6.08 Å². The lowest BCUT2D eigenvalue weighted by molar-refractivity contribution is -0.127. The maximum Gasteiger partial charge on any atom is 0.246 e. The van der Waals surface area contributed by atoms with E-state index in [2.05, 4.69) is 25.3 Å². The smallest absolute Gasteiger partial charge is 0.246 e. The summed E-state index contributed by atoms with van der Waals surface area (Å²) < 4.78 is 0. The van der Waals surface area contributed by atoms with Gasteiger partial charge in [-0.3, -0.25) is 9.78 Å². The highest BCUT2D eigenvalue weighted by Gasteiger charge is 2.32. The Labute approximate surface area is 153 Å². The van der Waals surface area contributed by atoms with E-state index in [-0.39, 0.29) is 11.9 Å². The minimum absolute atomic E-state index is 0.00177. The molecular weight excluding hydrogens is 330 g/mol. The Kier molecular flexibility index (Phi) is 5.85. The minimum atomic E-state index is -0.105. The first-order valence-electron chi connectivity index (χ1n) is 8.62. The van der Waals surface area contributed by atoms with Gasteiger partial charge in [0.2, 0.25) is 11.9 Å². The number of aromatic nitrogens is 4. The van der Waals surface area contributed by atoms with Gasteiger partial charge >= 0.3 is 0 Å². The van der Waals surface area contributed by atoms with Gasteiger partial charge in [-0.05, 0) is 33.0 Å². The van der Waals surface area contributed by atoms with E-state index in [9.17, 15) is 4.79 Å². The second kappa shape index (κ2) is 8.48. The highest BCUT2D eigenvalue weighted by molar-refractivity contribution is 5.88. The molecule has 1 N–H and O–H groups in total. The summed E-state index contributed by atoms with van der Waals surface area (Å²) in [6.07, 6.45) is 11.9. The average molecular weight is 353 g/mol. The fourth-order valence-corrected chi connectivity index (χ4v) is 2.93. The predicted octanol–water partition coefficient (Wildman–Crippen LogP) is 1.79. The molecule has 0 unspecified atom stereocenters. The molecule has 1 amide bonds. The quantitative estimate of drug-likeness (QED) is 0.792. The average Bonchev–Trinajstić information content (AvgIpc) is 3.12. The van der Waals surface area contributed by atoms with Crippen molar-refractivity contribution in [3.05, 3.63) is 48.7 Å². The van der Waals surface area contributed by atoms with Gasteiger partial charge < -0.3 is 15.1 Å². The Morgan fingerprint density at radius 2 is 2.00 bits per heavy atom. The number of rotatable bonds is 6. The second-order valence-corrected chi connectivity index (χ2v) is 6.34. The number of nitrogens with one attached hydrogen (secondary N) is 1. The zero-order valence-corrected chi connectivity index (χ0v) is 15.0. The molecule has 8 nitrogen and oxygen atoms in total. The van der Waals surface area contributed by atoms with Crippen LogP contribution < -0.4 is 5.32 Å². The van der Waals surface area contributed by atoms with Gasteiger partial charge in [0.1, 0.15) is 5.69 Å². The summed E-state index contributed by atoms with van der Waals surface area (Å²) in [4.78, 5) is 33.7. The highest BCUT2D eigenvalue weighted by atomic mass is 16.2. The standard InChI is InChI=1S/C18H23N7O/c1-24(2)12-4-7-15(26)25-13-3-6-14(25)16-17(20-11-10-19-16)23-18-21-8-5-9-22-18/h4-5,7-11,14H,3,6,12-13H2,1-2H3,(H,20,21,22,23)/b7-4+/t14-/m1/s1. The number of likely N-dealkylation sites (tertiary alicyclic amines) is 1. The van der Waals surface area contributed by atoms with Gasteiger partial charge in [0.05, 0.1) is 6.04 Å². The topological polar surface area (TPSA) is 87.1 Å². The van der Waals surface area contributed by atoms with Crippen molar-refractivity contribution in [1.82, 2.24) is 29.7 Å². The van der Waals surface area contributed by atoms with E-state index in [1.807, 2.05) is 30.0 Å². The number of hydrogen-bond donors (Lipinski definition) is 1. The maximum absolute atomic E-state index is 12.6. The molecule has 0 saturated carbocycles. The van der Waals surface area contributed by atoms with Gasteiger partial charge in [-0.15, -0.1) is 0 Å². The van der Waals surface area contributed by atoms with E-state index in [1.165, 1.54) is 0 Å². The summed E-state index contributed by atoms with van der Waals surface area (Å²) in [6.45, 7) is 1.45. The molecular formula is C18H23N7O. The molecule has 3 heterocycles. The first kappa shape index (κ1) is 17.9. The molecule has 26 heavy (non-hydrogen) atoms. The van der Waals surface area contributed by atoms with Crippen LogP contribution in [0.1, 0.15) is 24.6 Å². The van der Waals surface area contributed by atoms with Crippen LogP contribution in [0.5, 0.6) is 0 Å². The molecule has 0 radical (unpaired) electrons. The zero-order chi connectivity index (χ0) is 18.4. The van der Waals surface area contributed by atoms with Crippen molar-refractivity contribution in [2.45, 2.75) is 18.9 Å². The van der Waals surface area contributed by atoms with Crippen LogP contribution in [0.25, 0.3) is 0 Å². The number of carbonyl (C=O) groups is 1. The molecule has 1 aliphatic heterocycles. The van der Waals surface area contributed by atoms with Crippen molar-refractivity contribution in [3.8, 4) is 0 Å². The van der Waals surface area contributed by atoms with E-state index in [0.29, 0.717) is 18.3 Å². The largest absolute Gasteiger partial charge is 0.330 e. The van der Waals surface area contributed by atoms with Crippen molar-refractivity contribution in [1.29, 1.82) is 0 Å². The molecule has 8 heteroatoms. The summed E-state index contributed by atoms with van der Waals surface area (Å²) in [7, 11) is 3.94. The second-order valence-electron chi connectivity index (χ2n) is 6.34. The zero-order valence-electron chi connectivity index (χ0n) is 15.0. The third-order valence-corrected chi connectivity index (χ3v) is 4.11. The number of amides is 1. The molecule has 1 saturated heterocycles. The minimum Gasteiger partial charge on any atom is -0.330 e. The lowest BCUT2D eigenvalue weighted by Gasteiger charge is -2.24. The van der Waals surface area contributed by atoms with Gasteiger partial charge in [-0.2, -0.15) is 0 Å². The van der Waals surface area contributed by atoms with Crippen LogP contribution in [0, 0.1) is 0 Å². The molecule has 1 atom stereocenters. The molecule has 0 aromatic carbocycles. The van der Waals surface area contributed by atoms with E-state index in [0.717, 1.165) is 25.1 Å². The molecule has 3 rings (SSSR count). The Morgan fingerprint density at radius 1 is 1.23 bits per heavy atom. The van der Waals surface area contributed by atoms with E-state index >= 15 is 0 Å². The molecule has 0 spiro atoms. The van der Waals surface area contributed by atoms with Crippen LogP contribution in [0.4, 0.5) is 11.8 Å². The van der Waals surface area contributed by atoms with Gasteiger partial charge in [0, 0.05) is 44.0 Å². The number of anilines is 2. The molecule has 2 aromatic rings. The lowest BCUT2D eigenvalue weighted by Crippen LogP contribution is -2.30. The summed E-state index contributed by atoms with van der Waals surface area (Å²) in [5.74, 6) is 1.04. The van der Waals surface area contributed by atoms with Crippen molar-refractivity contribution in [2.24, 2.45) is 0 Å². The van der Waals surface area contributed by atoms with Gasteiger partial charge in [0.25, 0.3) is 0 Å². The highest BCUT2D eigenvalue weighted by Crippen LogP contribution is 2.34. The molecule has 136 valence electrons. The van der Waals surface area contributed by atoms with Crippen LogP contribution in [0.2, 0.25) is 0 Å². The maximum atomic E-state index is 12.6. The van der Waals surface area contributed by atoms with Crippen LogP contribution in [0.15, 0.2) is 43.0 Å². The van der Waals surface area contributed by atoms with Crippen LogP contribution in [-0.2, 0) is 4.79 Å². The third-order valence-electron chi connectivity index (χ3n) is 4.11. The number of hydrogen-bond acceptors (Lipinski definition) is 7. The first-order chi connectivity index (χ1) is 12.6. The van der Waals surface area contributed by atoms with Gasteiger partial charge in [-0.25, -0.2) is 15.0 Å². The number of likely N-dealkylation sites (N-methyl/N-ethyl adjacent to an activating group) is 1. The SMILES string of the molecule is CN(C)C/C=C/C(=O)N1CCC[C@@H]1c1nccnc1Nc1ncccn1. The van der Waals surface area contributed by atoms with E-state index in [1.54, 1.807) is 36.9 Å². The molecule has 1 fully saturated rings. The van der Waals surface area contributed by atoms with Crippen molar-refractivity contribution >= 4 is 17.7 Å². The Bertz CT molecular complexity index is 763. The normalized spacial score (nSPS) is 17.2. The van der Waals surface area contributed by atoms with Gasteiger partial charge in [0.15, 0.2) is 5.82 Å². The molecule has 1 aliphatic rings. The molecule has 2 aromatic heterocycles. The summed E-state index contributed by atoms with van der Waals surface area (Å²) >= 11 is 0. The van der Waals surface area contributed by atoms with E-state index < -0.39 is 0 Å². The summed E-state index contributed by atoms with van der Waals surface area (Å²) in [5.41, 5.74) is 0.742. The van der Waals surface area contributed by atoms with Crippen LogP contribution >= 0.6 is 0 Å². The van der Waals surface area contributed by atoms with Crippen molar-refractivity contribution < 1.29 is 4.79 Å². The van der Waals surface area contributed by atoms with Crippen LogP contribution in [-0.4, -0.2) is 62.8 Å². The predicted molar refractivity (Wildman–Crippen MR) is 98.7 cm³/mol. The molecule has 0 aliphatic carbocycles. The van der Waals surface area contributed by atoms with Crippen molar-refractivity contribution in [3.63, 3.8) is 0 Å². The van der Waals surface area contributed by atoms with E-state index in [4.69, 9.17) is 0 Å². The summed E-state index contributed by atoms with van der Waals surface area (Å²) in [5, 5.41) is 3.11.